The normalized spacial score (nSPS) is 15.7. The third kappa shape index (κ3) is 3.52. The van der Waals surface area contributed by atoms with Crippen molar-refractivity contribution in [3.8, 4) is 11.5 Å². The molecule has 0 radical (unpaired) electrons. The number of benzene rings is 3. The molecule has 1 atom stereocenters. The van der Waals surface area contributed by atoms with Gasteiger partial charge in [0.1, 0.15) is 11.5 Å². The molecule has 0 saturated carbocycles. The Kier molecular flexibility index (Phi) is 5.16. The van der Waals surface area contributed by atoms with Crippen molar-refractivity contribution in [1.82, 2.24) is 5.01 Å². The molecule has 3 aromatic rings. The first-order valence-electron chi connectivity index (χ1n) is 9.22. The Bertz CT molecular complexity index is 1060. The van der Waals surface area contributed by atoms with Gasteiger partial charge in [-0.05, 0) is 30.3 Å². The molecule has 1 aliphatic heterocycles. The molecule has 6 heteroatoms. The summed E-state index contributed by atoms with van der Waals surface area (Å²) < 4.78 is 10.9. The van der Waals surface area contributed by atoms with Crippen LogP contribution in [0.4, 0.5) is 5.69 Å². The van der Waals surface area contributed by atoms with Gasteiger partial charge in [0, 0.05) is 16.8 Å². The highest BCUT2D eigenvalue weighted by Gasteiger charge is 2.34. The molecule has 1 unspecified atom stereocenters. The molecule has 0 saturated heterocycles. The van der Waals surface area contributed by atoms with E-state index in [-0.39, 0.29) is 5.91 Å². The van der Waals surface area contributed by atoms with Gasteiger partial charge in [0.2, 0.25) is 0 Å². The average Bonchev–Trinajstić information content (AvgIpc) is 2.78. The number of nitrogens with one attached hydrogen (secondary N) is 1. The van der Waals surface area contributed by atoms with Crippen molar-refractivity contribution in [3.05, 3.63) is 89.5 Å². The zero-order valence-electron chi connectivity index (χ0n) is 16.2. The lowest BCUT2D eigenvalue weighted by Crippen LogP contribution is -2.39. The summed E-state index contributed by atoms with van der Waals surface area (Å²) in [6.45, 7) is 0. The molecule has 1 aliphatic rings. The van der Waals surface area contributed by atoms with E-state index in [1.165, 1.54) is 5.01 Å². The fourth-order valence-corrected chi connectivity index (χ4v) is 3.36. The monoisotopic (exact) mass is 387 g/mol. The van der Waals surface area contributed by atoms with Crippen LogP contribution in [0, 0.1) is 0 Å². The summed E-state index contributed by atoms with van der Waals surface area (Å²) in [6, 6.07) is 22.5. The number of carbonyl (C=O) groups is 1. The van der Waals surface area contributed by atoms with Crippen molar-refractivity contribution < 1.29 is 14.3 Å². The molecule has 0 fully saturated rings. The van der Waals surface area contributed by atoms with Crippen molar-refractivity contribution in [1.29, 1.82) is 0 Å². The first kappa shape index (κ1) is 18.6. The highest BCUT2D eigenvalue weighted by Crippen LogP contribution is 2.36. The Labute approximate surface area is 169 Å². The van der Waals surface area contributed by atoms with Crippen LogP contribution >= 0.6 is 0 Å². The summed E-state index contributed by atoms with van der Waals surface area (Å²) in [7, 11) is 3.22. The lowest BCUT2D eigenvalue weighted by molar-refractivity contribution is 0.0689. The molecule has 0 spiro atoms. The zero-order valence-corrected chi connectivity index (χ0v) is 16.2. The van der Waals surface area contributed by atoms with Crippen LogP contribution in [0.15, 0.2) is 77.9 Å². The molecule has 3 aromatic carbocycles. The van der Waals surface area contributed by atoms with Gasteiger partial charge in [-0.2, -0.15) is 5.10 Å². The number of amides is 1. The minimum atomic E-state index is -0.514. The smallest absolute Gasteiger partial charge is 0.278 e. The van der Waals surface area contributed by atoms with E-state index in [4.69, 9.17) is 9.47 Å². The van der Waals surface area contributed by atoms with Crippen LogP contribution in [0.25, 0.3) is 0 Å². The Hall–Kier alpha value is -3.80. The third-order valence-electron chi connectivity index (χ3n) is 4.80. The summed E-state index contributed by atoms with van der Waals surface area (Å²) in [6.07, 6.45) is 1.12. The molecule has 6 nitrogen and oxygen atoms in total. The van der Waals surface area contributed by atoms with Crippen LogP contribution in [0.2, 0.25) is 0 Å². The minimum absolute atomic E-state index is 0.193. The second-order valence-electron chi connectivity index (χ2n) is 6.47. The number of para-hydroxylation sites is 3. The van der Waals surface area contributed by atoms with Gasteiger partial charge in [-0.15, -0.1) is 0 Å². The van der Waals surface area contributed by atoms with Crippen LogP contribution in [-0.2, 0) is 0 Å². The maximum atomic E-state index is 13.3. The van der Waals surface area contributed by atoms with E-state index in [2.05, 4.69) is 10.4 Å². The zero-order chi connectivity index (χ0) is 20.2. The standard InChI is InChI=1S/C23H21N3O3/c1-28-20-13-7-3-9-16(20)15-24-26-22(18-11-5-8-14-21(18)29-2)25-19-12-6-4-10-17(19)23(26)27/h3-15,22,25H,1-2H3/b24-15+. The fourth-order valence-electron chi connectivity index (χ4n) is 3.36. The van der Waals surface area contributed by atoms with E-state index in [0.29, 0.717) is 17.1 Å². The van der Waals surface area contributed by atoms with Gasteiger partial charge in [-0.3, -0.25) is 4.79 Å². The van der Waals surface area contributed by atoms with Crippen molar-refractivity contribution in [2.24, 2.45) is 5.10 Å². The molecule has 0 bridgehead atoms. The predicted molar refractivity (Wildman–Crippen MR) is 113 cm³/mol. The molecule has 1 heterocycles. The number of nitrogens with zero attached hydrogens (tertiary/aromatic N) is 2. The van der Waals surface area contributed by atoms with Crippen LogP contribution in [0.5, 0.6) is 11.5 Å². The van der Waals surface area contributed by atoms with Crippen LogP contribution in [-0.4, -0.2) is 31.4 Å². The summed E-state index contributed by atoms with van der Waals surface area (Å²) >= 11 is 0. The van der Waals surface area contributed by atoms with Gasteiger partial charge in [-0.25, -0.2) is 5.01 Å². The lowest BCUT2D eigenvalue weighted by atomic mass is 10.0. The molecule has 1 N–H and O–H groups in total. The van der Waals surface area contributed by atoms with Gasteiger partial charge in [0.15, 0.2) is 6.17 Å². The third-order valence-corrected chi connectivity index (χ3v) is 4.80. The summed E-state index contributed by atoms with van der Waals surface area (Å²) in [5, 5.41) is 9.39. The second kappa shape index (κ2) is 8.06. The first-order chi connectivity index (χ1) is 14.2. The number of hydrazone groups is 1. The number of fused-ring (bicyclic) bond motifs is 1. The minimum Gasteiger partial charge on any atom is -0.496 e. The largest absolute Gasteiger partial charge is 0.496 e. The van der Waals surface area contributed by atoms with Gasteiger partial charge < -0.3 is 14.8 Å². The number of methoxy groups -OCH3 is 2. The van der Waals surface area contributed by atoms with Gasteiger partial charge in [0.05, 0.1) is 26.0 Å². The Morgan fingerprint density at radius 3 is 2.34 bits per heavy atom. The summed E-state index contributed by atoms with van der Waals surface area (Å²) in [5.41, 5.74) is 2.92. The van der Waals surface area contributed by atoms with E-state index >= 15 is 0 Å². The topological polar surface area (TPSA) is 63.2 Å². The Morgan fingerprint density at radius 2 is 1.55 bits per heavy atom. The van der Waals surface area contributed by atoms with Crippen LogP contribution in [0.1, 0.15) is 27.7 Å². The van der Waals surface area contributed by atoms with Crippen molar-refractivity contribution in [2.75, 3.05) is 19.5 Å². The number of ether oxygens (including phenoxy) is 2. The Morgan fingerprint density at radius 1 is 0.897 bits per heavy atom. The molecule has 0 aromatic heterocycles. The molecule has 146 valence electrons. The molecule has 29 heavy (non-hydrogen) atoms. The van der Waals surface area contributed by atoms with E-state index < -0.39 is 6.17 Å². The van der Waals surface area contributed by atoms with E-state index in [1.54, 1.807) is 26.5 Å². The number of carbonyl (C=O) groups excluding carboxylic acids is 1. The molecular weight excluding hydrogens is 366 g/mol. The van der Waals surface area contributed by atoms with Crippen LogP contribution in [0.3, 0.4) is 0 Å². The maximum Gasteiger partial charge on any atom is 0.278 e. The number of hydrogen-bond donors (Lipinski definition) is 1. The average molecular weight is 387 g/mol. The molecular formula is C23H21N3O3. The second-order valence-corrected chi connectivity index (χ2v) is 6.47. The highest BCUT2D eigenvalue weighted by atomic mass is 16.5. The van der Waals surface area contributed by atoms with Crippen molar-refractivity contribution in [2.45, 2.75) is 6.17 Å². The molecule has 0 aliphatic carbocycles. The van der Waals surface area contributed by atoms with Crippen LogP contribution < -0.4 is 14.8 Å². The number of hydrogen-bond acceptors (Lipinski definition) is 5. The lowest BCUT2D eigenvalue weighted by Gasteiger charge is -2.35. The summed E-state index contributed by atoms with van der Waals surface area (Å²) in [5.74, 6) is 1.17. The van der Waals surface area contributed by atoms with Gasteiger partial charge in [-0.1, -0.05) is 42.5 Å². The quantitative estimate of drug-likeness (QED) is 0.663. The van der Waals surface area contributed by atoms with Crippen molar-refractivity contribution >= 4 is 17.8 Å². The Balaban J connectivity index is 1.79. The predicted octanol–water partition coefficient (Wildman–Crippen LogP) is 4.30. The first-order valence-corrected chi connectivity index (χ1v) is 9.22. The van der Waals surface area contributed by atoms with Gasteiger partial charge >= 0.3 is 0 Å². The van der Waals surface area contributed by atoms with E-state index in [0.717, 1.165) is 16.8 Å². The summed E-state index contributed by atoms with van der Waals surface area (Å²) in [4.78, 5) is 13.3. The SMILES string of the molecule is COc1ccccc1/C=N/N1C(=O)c2ccccc2NC1c1ccccc1OC. The van der Waals surface area contributed by atoms with Gasteiger partial charge in [0.25, 0.3) is 5.91 Å². The highest BCUT2D eigenvalue weighted by molar-refractivity contribution is 6.02. The van der Waals surface area contributed by atoms with E-state index in [1.807, 2.05) is 66.7 Å². The fraction of sp³-hybridized carbons (Fsp3) is 0.130. The molecule has 1 amide bonds. The van der Waals surface area contributed by atoms with Crippen molar-refractivity contribution in [3.63, 3.8) is 0 Å². The number of rotatable bonds is 5. The molecule has 4 rings (SSSR count). The maximum absolute atomic E-state index is 13.3. The van der Waals surface area contributed by atoms with E-state index in [9.17, 15) is 4.79 Å². The number of anilines is 1.